The summed E-state index contributed by atoms with van der Waals surface area (Å²) in [4.78, 5) is 11.9. The average Bonchev–Trinajstić information content (AvgIpc) is 2.27. The summed E-state index contributed by atoms with van der Waals surface area (Å²) >= 11 is 0. The van der Waals surface area contributed by atoms with Gasteiger partial charge in [0.15, 0.2) is 0 Å². The molecule has 1 amide bonds. The Morgan fingerprint density at radius 1 is 1.41 bits per heavy atom. The van der Waals surface area contributed by atoms with Gasteiger partial charge in [0.25, 0.3) is 0 Å². The fourth-order valence-corrected chi connectivity index (χ4v) is 2.80. The van der Waals surface area contributed by atoms with Gasteiger partial charge in [-0.15, -0.1) is 0 Å². The lowest BCUT2D eigenvalue weighted by molar-refractivity contribution is -0.126. The quantitative estimate of drug-likeness (QED) is 0.773. The van der Waals surface area contributed by atoms with E-state index in [4.69, 9.17) is 5.73 Å². The Morgan fingerprint density at radius 2 is 2.12 bits per heavy atom. The third kappa shape index (κ3) is 4.66. The molecular formula is C14H28N2O. The van der Waals surface area contributed by atoms with Crippen molar-refractivity contribution >= 4 is 5.91 Å². The molecule has 100 valence electrons. The van der Waals surface area contributed by atoms with Crippen LogP contribution in [0.2, 0.25) is 0 Å². The van der Waals surface area contributed by atoms with Crippen molar-refractivity contribution in [2.24, 2.45) is 29.4 Å². The van der Waals surface area contributed by atoms with Gasteiger partial charge < -0.3 is 11.1 Å². The van der Waals surface area contributed by atoms with E-state index in [2.05, 4.69) is 26.1 Å². The lowest BCUT2D eigenvalue weighted by Crippen LogP contribution is -2.40. The molecule has 1 aliphatic carbocycles. The summed E-state index contributed by atoms with van der Waals surface area (Å²) < 4.78 is 0. The highest BCUT2D eigenvalue weighted by Crippen LogP contribution is 2.28. The van der Waals surface area contributed by atoms with Gasteiger partial charge in [-0.3, -0.25) is 4.79 Å². The Balaban J connectivity index is 2.31. The molecule has 0 aromatic heterocycles. The van der Waals surface area contributed by atoms with Crippen LogP contribution in [0.4, 0.5) is 0 Å². The first kappa shape index (κ1) is 14.5. The molecule has 0 aromatic carbocycles. The monoisotopic (exact) mass is 240 g/mol. The predicted octanol–water partition coefficient (Wildman–Crippen LogP) is 2.16. The van der Waals surface area contributed by atoms with Crippen molar-refractivity contribution < 1.29 is 4.79 Å². The van der Waals surface area contributed by atoms with E-state index in [1.54, 1.807) is 0 Å². The van der Waals surface area contributed by atoms with Gasteiger partial charge in [-0.1, -0.05) is 33.6 Å². The molecule has 1 fully saturated rings. The normalized spacial score (nSPS) is 26.9. The summed E-state index contributed by atoms with van der Waals surface area (Å²) in [7, 11) is 0. The summed E-state index contributed by atoms with van der Waals surface area (Å²) in [6, 6.07) is 0. The van der Waals surface area contributed by atoms with E-state index in [-0.39, 0.29) is 11.8 Å². The third-order valence-corrected chi connectivity index (χ3v) is 4.01. The minimum absolute atomic E-state index is 0.0315. The number of carbonyl (C=O) groups excluding carboxylic acids is 1. The highest BCUT2D eigenvalue weighted by atomic mass is 16.1. The highest BCUT2D eigenvalue weighted by Gasteiger charge is 2.23. The number of amides is 1. The molecule has 0 aromatic rings. The Hall–Kier alpha value is -0.570. The first-order chi connectivity index (χ1) is 8.04. The first-order valence-electron chi connectivity index (χ1n) is 7.02. The molecule has 0 heterocycles. The van der Waals surface area contributed by atoms with E-state index < -0.39 is 0 Å². The molecule has 3 nitrogen and oxygen atoms in total. The van der Waals surface area contributed by atoms with Gasteiger partial charge in [0.1, 0.15) is 0 Å². The summed E-state index contributed by atoms with van der Waals surface area (Å²) in [5.41, 5.74) is 5.64. The molecular weight excluding hydrogens is 212 g/mol. The van der Waals surface area contributed by atoms with Crippen molar-refractivity contribution in [3.63, 3.8) is 0 Å². The van der Waals surface area contributed by atoms with Crippen molar-refractivity contribution in [2.45, 2.75) is 46.5 Å². The van der Waals surface area contributed by atoms with Crippen molar-refractivity contribution in [3.8, 4) is 0 Å². The number of rotatable bonds is 5. The average molecular weight is 240 g/mol. The fraction of sp³-hybridized carbons (Fsp3) is 0.929. The number of nitrogens with one attached hydrogen (secondary N) is 1. The molecule has 0 aliphatic heterocycles. The van der Waals surface area contributed by atoms with Gasteiger partial charge in [-0.05, 0) is 30.6 Å². The zero-order valence-corrected chi connectivity index (χ0v) is 11.5. The Kier molecular flexibility index (Phi) is 5.96. The number of hydrogen-bond donors (Lipinski definition) is 2. The van der Waals surface area contributed by atoms with E-state index in [0.717, 1.165) is 12.5 Å². The fourth-order valence-electron chi connectivity index (χ4n) is 2.80. The van der Waals surface area contributed by atoms with E-state index in [1.165, 1.54) is 25.7 Å². The molecule has 3 heteroatoms. The van der Waals surface area contributed by atoms with Crippen LogP contribution < -0.4 is 11.1 Å². The molecule has 3 unspecified atom stereocenters. The Morgan fingerprint density at radius 3 is 2.65 bits per heavy atom. The Labute approximate surface area is 106 Å². The van der Waals surface area contributed by atoms with Crippen molar-refractivity contribution in [1.82, 2.24) is 5.32 Å². The van der Waals surface area contributed by atoms with Crippen LogP contribution in [0.15, 0.2) is 0 Å². The van der Waals surface area contributed by atoms with Gasteiger partial charge in [-0.25, -0.2) is 0 Å². The molecule has 0 radical (unpaired) electrons. The largest absolute Gasteiger partial charge is 0.356 e. The highest BCUT2D eigenvalue weighted by molar-refractivity contribution is 5.79. The zero-order valence-electron chi connectivity index (χ0n) is 11.5. The van der Waals surface area contributed by atoms with Crippen LogP contribution in [0.25, 0.3) is 0 Å². The van der Waals surface area contributed by atoms with E-state index in [9.17, 15) is 4.79 Å². The number of nitrogens with two attached hydrogens (primary N) is 1. The first-order valence-corrected chi connectivity index (χ1v) is 7.02. The van der Waals surface area contributed by atoms with E-state index in [0.29, 0.717) is 18.4 Å². The van der Waals surface area contributed by atoms with E-state index in [1.807, 2.05) is 0 Å². The molecule has 1 aliphatic rings. The SMILES string of the molecule is CC1CCCC(CNC(=O)C(CN)C(C)C)C1. The summed E-state index contributed by atoms with van der Waals surface area (Å²) in [6.45, 7) is 7.71. The molecule has 0 spiro atoms. The van der Waals surface area contributed by atoms with Crippen molar-refractivity contribution in [3.05, 3.63) is 0 Å². The van der Waals surface area contributed by atoms with E-state index >= 15 is 0 Å². The van der Waals surface area contributed by atoms with Crippen LogP contribution >= 0.6 is 0 Å². The van der Waals surface area contributed by atoms with Crippen LogP contribution in [0, 0.1) is 23.7 Å². The molecule has 1 saturated carbocycles. The minimum atomic E-state index is -0.0315. The molecule has 17 heavy (non-hydrogen) atoms. The molecule has 1 rings (SSSR count). The van der Waals surface area contributed by atoms with Crippen LogP contribution in [-0.4, -0.2) is 19.0 Å². The van der Waals surface area contributed by atoms with Gasteiger partial charge >= 0.3 is 0 Å². The topological polar surface area (TPSA) is 55.1 Å². The van der Waals surface area contributed by atoms with Gasteiger partial charge in [0, 0.05) is 13.1 Å². The van der Waals surface area contributed by atoms with Gasteiger partial charge in [0.2, 0.25) is 5.91 Å². The van der Waals surface area contributed by atoms with Gasteiger partial charge in [-0.2, -0.15) is 0 Å². The summed E-state index contributed by atoms with van der Waals surface area (Å²) in [5, 5.41) is 3.09. The maximum Gasteiger partial charge on any atom is 0.224 e. The molecule has 0 saturated heterocycles. The summed E-state index contributed by atoms with van der Waals surface area (Å²) in [6.07, 6.45) is 5.18. The second-order valence-electron chi connectivity index (χ2n) is 5.97. The molecule has 3 N–H and O–H groups in total. The minimum Gasteiger partial charge on any atom is -0.356 e. The predicted molar refractivity (Wildman–Crippen MR) is 71.5 cm³/mol. The van der Waals surface area contributed by atoms with Crippen molar-refractivity contribution in [1.29, 1.82) is 0 Å². The number of carbonyl (C=O) groups is 1. The maximum atomic E-state index is 11.9. The third-order valence-electron chi connectivity index (χ3n) is 4.01. The van der Waals surface area contributed by atoms with Gasteiger partial charge in [0.05, 0.1) is 5.92 Å². The summed E-state index contributed by atoms with van der Waals surface area (Å²) in [5.74, 6) is 1.93. The van der Waals surface area contributed by atoms with Crippen LogP contribution in [0.3, 0.4) is 0 Å². The van der Waals surface area contributed by atoms with Crippen LogP contribution in [0.1, 0.15) is 46.5 Å². The Bertz CT molecular complexity index is 240. The maximum absolute atomic E-state index is 11.9. The molecule has 0 bridgehead atoms. The second kappa shape index (κ2) is 7.00. The standard InChI is InChI=1S/C14H28N2O/c1-10(2)13(8-15)14(17)16-9-12-6-4-5-11(3)7-12/h10-13H,4-9,15H2,1-3H3,(H,16,17). The van der Waals surface area contributed by atoms with Crippen LogP contribution in [-0.2, 0) is 4.79 Å². The molecule has 3 atom stereocenters. The smallest absolute Gasteiger partial charge is 0.224 e. The number of hydrogen-bond acceptors (Lipinski definition) is 2. The zero-order chi connectivity index (χ0) is 12.8. The van der Waals surface area contributed by atoms with Crippen molar-refractivity contribution in [2.75, 3.05) is 13.1 Å². The van der Waals surface area contributed by atoms with Crippen LogP contribution in [0.5, 0.6) is 0 Å². The lowest BCUT2D eigenvalue weighted by atomic mass is 9.82. The second-order valence-corrected chi connectivity index (χ2v) is 5.97. The lowest BCUT2D eigenvalue weighted by Gasteiger charge is -2.27.